The molecule has 1 aliphatic heterocycles. The zero-order chi connectivity index (χ0) is 16.1. The van der Waals surface area contributed by atoms with Crippen molar-refractivity contribution in [1.29, 1.82) is 0 Å². The summed E-state index contributed by atoms with van der Waals surface area (Å²) in [7, 11) is 3.65. The topological polar surface area (TPSA) is 55.2 Å². The van der Waals surface area contributed by atoms with E-state index in [1.165, 1.54) is 5.69 Å². The summed E-state index contributed by atoms with van der Waals surface area (Å²) in [5.41, 5.74) is 1.25. The number of hydrogen-bond donors (Lipinski definition) is 1. The van der Waals surface area contributed by atoms with Crippen molar-refractivity contribution in [3.05, 3.63) is 36.4 Å². The van der Waals surface area contributed by atoms with Gasteiger partial charge in [-0.05, 0) is 25.0 Å². The highest BCUT2D eigenvalue weighted by Crippen LogP contribution is 2.24. The second-order valence-electron chi connectivity index (χ2n) is 5.97. The standard InChI is InChI=1S/C17H25N5O/c1-21-17(19-13-20-21)6-9-18-14-7-10-22(11-8-14)15-4-3-5-16(12-15)23-2/h3-5,12-14,18H,6-11H2,1-2H3. The molecule has 6 nitrogen and oxygen atoms in total. The predicted octanol–water partition coefficient (Wildman–Crippen LogP) is 1.62. The van der Waals surface area contributed by atoms with E-state index in [1.54, 1.807) is 13.4 Å². The van der Waals surface area contributed by atoms with Gasteiger partial charge in [-0.1, -0.05) is 6.07 Å². The van der Waals surface area contributed by atoms with Crippen LogP contribution in [0.1, 0.15) is 18.7 Å². The van der Waals surface area contributed by atoms with E-state index in [-0.39, 0.29) is 0 Å². The van der Waals surface area contributed by atoms with Crippen LogP contribution in [0.25, 0.3) is 0 Å². The number of benzene rings is 1. The number of nitrogens with one attached hydrogen (secondary N) is 1. The van der Waals surface area contributed by atoms with Crippen LogP contribution in [0.4, 0.5) is 5.69 Å². The molecule has 0 amide bonds. The Bertz CT molecular complexity index is 619. The minimum atomic E-state index is 0.588. The lowest BCUT2D eigenvalue weighted by atomic mass is 10.0. The van der Waals surface area contributed by atoms with Gasteiger partial charge in [0, 0.05) is 50.9 Å². The van der Waals surface area contributed by atoms with E-state index < -0.39 is 0 Å². The molecule has 0 spiro atoms. The zero-order valence-corrected chi connectivity index (χ0v) is 13.9. The number of nitrogens with zero attached hydrogens (tertiary/aromatic N) is 4. The van der Waals surface area contributed by atoms with Crippen LogP contribution in [0.5, 0.6) is 5.75 Å². The first-order chi connectivity index (χ1) is 11.3. The van der Waals surface area contributed by atoms with Crippen molar-refractivity contribution in [2.45, 2.75) is 25.3 Å². The summed E-state index contributed by atoms with van der Waals surface area (Å²) in [6, 6.07) is 8.90. The van der Waals surface area contributed by atoms with Gasteiger partial charge in [0.1, 0.15) is 17.9 Å². The highest BCUT2D eigenvalue weighted by molar-refractivity contribution is 5.51. The Labute approximate surface area is 137 Å². The van der Waals surface area contributed by atoms with Gasteiger partial charge in [-0.2, -0.15) is 5.10 Å². The molecule has 0 atom stereocenters. The molecule has 0 bridgehead atoms. The lowest BCUT2D eigenvalue weighted by Gasteiger charge is -2.34. The number of aryl methyl sites for hydroxylation is 1. The van der Waals surface area contributed by atoms with E-state index in [9.17, 15) is 0 Å². The summed E-state index contributed by atoms with van der Waals surface area (Å²) in [6.45, 7) is 3.11. The molecule has 2 heterocycles. The molecular weight excluding hydrogens is 290 g/mol. The Kier molecular flexibility index (Phi) is 5.12. The molecular formula is C17H25N5O. The Hall–Kier alpha value is -2.08. The number of aromatic nitrogens is 3. The molecule has 1 aromatic carbocycles. The molecule has 0 radical (unpaired) electrons. The van der Waals surface area contributed by atoms with Crippen LogP contribution in [0.2, 0.25) is 0 Å². The maximum Gasteiger partial charge on any atom is 0.138 e. The Morgan fingerprint density at radius 1 is 1.30 bits per heavy atom. The lowest BCUT2D eigenvalue weighted by Crippen LogP contribution is -2.43. The fraction of sp³-hybridized carbons (Fsp3) is 0.529. The minimum Gasteiger partial charge on any atom is -0.497 e. The van der Waals surface area contributed by atoms with Crippen molar-refractivity contribution in [3.63, 3.8) is 0 Å². The fourth-order valence-corrected chi connectivity index (χ4v) is 3.08. The van der Waals surface area contributed by atoms with Crippen molar-refractivity contribution in [2.75, 3.05) is 31.6 Å². The van der Waals surface area contributed by atoms with Crippen LogP contribution in [0.3, 0.4) is 0 Å². The van der Waals surface area contributed by atoms with Crippen LogP contribution in [-0.2, 0) is 13.5 Å². The molecule has 1 saturated heterocycles. The van der Waals surface area contributed by atoms with Gasteiger partial charge < -0.3 is 15.0 Å². The van der Waals surface area contributed by atoms with E-state index in [1.807, 2.05) is 17.8 Å². The largest absolute Gasteiger partial charge is 0.497 e. The summed E-state index contributed by atoms with van der Waals surface area (Å²) >= 11 is 0. The van der Waals surface area contributed by atoms with Crippen LogP contribution in [0, 0.1) is 0 Å². The highest BCUT2D eigenvalue weighted by Gasteiger charge is 2.19. The third-order valence-corrected chi connectivity index (χ3v) is 4.50. The van der Waals surface area contributed by atoms with E-state index >= 15 is 0 Å². The third-order valence-electron chi connectivity index (χ3n) is 4.50. The van der Waals surface area contributed by atoms with Crippen molar-refractivity contribution in [1.82, 2.24) is 20.1 Å². The first kappa shape index (κ1) is 15.8. The summed E-state index contributed by atoms with van der Waals surface area (Å²) in [5, 5.41) is 7.75. The number of hydrogen-bond acceptors (Lipinski definition) is 5. The van der Waals surface area contributed by atoms with Crippen molar-refractivity contribution in [2.24, 2.45) is 7.05 Å². The fourth-order valence-electron chi connectivity index (χ4n) is 3.08. The van der Waals surface area contributed by atoms with E-state index in [2.05, 4.69) is 38.5 Å². The molecule has 23 heavy (non-hydrogen) atoms. The molecule has 3 rings (SSSR count). The Morgan fingerprint density at radius 2 is 2.13 bits per heavy atom. The van der Waals surface area contributed by atoms with Crippen LogP contribution >= 0.6 is 0 Å². The molecule has 1 N–H and O–H groups in total. The second kappa shape index (κ2) is 7.46. The summed E-state index contributed by atoms with van der Waals surface area (Å²) in [6.07, 6.45) is 4.86. The molecule has 0 saturated carbocycles. The van der Waals surface area contributed by atoms with E-state index in [0.29, 0.717) is 6.04 Å². The average molecular weight is 315 g/mol. The molecule has 1 aliphatic rings. The second-order valence-corrected chi connectivity index (χ2v) is 5.97. The van der Waals surface area contributed by atoms with E-state index in [4.69, 9.17) is 4.74 Å². The van der Waals surface area contributed by atoms with Gasteiger partial charge in [0.15, 0.2) is 0 Å². The van der Waals surface area contributed by atoms with Gasteiger partial charge in [0.25, 0.3) is 0 Å². The van der Waals surface area contributed by atoms with Gasteiger partial charge in [0.2, 0.25) is 0 Å². The van der Waals surface area contributed by atoms with Crippen molar-refractivity contribution in [3.8, 4) is 5.75 Å². The maximum atomic E-state index is 5.31. The summed E-state index contributed by atoms with van der Waals surface area (Å²) in [4.78, 5) is 6.69. The molecule has 2 aromatic rings. The van der Waals surface area contributed by atoms with Crippen LogP contribution in [-0.4, -0.2) is 47.6 Å². The number of methoxy groups -OCH3 is 1. The van der Waals surface area contributed by atoms with Gasteiger partial charge in [-0.3, -0.25) is 4.68 Å². The normalized spacial score (nSPS) is 15.8. The van der Waals surface area contributed by atoms with Gasteiger partial charge in [-0.25, -0.2) is 4.98 Å². The summed E-state index contributed by atoms with van der Waals surface area (Å²) < 4.78 is 7.15. The van der Waals surface area contributed by atoms with E-state index in [0.717, 1.165) is 50.5 Å². The van der Waals surface area contributed by atoms with Crippen LogP contribution in [0.15, 0.2) is 30.6 Å². The number of piperidine rings is 1. The first-order valence-corrected chi connectivity index (χ1v) is 8.21. The third kappa shape index (κ3) is 4.01. The predicted molar refractivity (Wildman–Crippen MR) is 90.9 cm³/mol. The molecule has 0 unspecified atom stereocenters. The van der Waals surface area contributed by atoms with Crippen molar-refractivity contribution < 1.29 is 4.74 Å². The highest BCUT2D eigenvalue weighted by atomic mass is 16.5. The summed E-state index contributed by atoms with van der Waals surface area (Å²) in [5.74, 6) is 1.96. The molecule has 0 aliphatic carbocycles. The Morgan fingerprint density at radius 3 is 2.83 bits per heavy atom. The average Bonchev–Trinajstić information content (AvgIpc) is 3.01. The minimum absolute atomic E-state index is 0.588. The monoisotopic (exact) mass is 315 g/mol. The van der Waals surface area contributed by atoms with Gasteiger partial charge in [-0.15, -0.1) is 0 Å². The number of anilines is 1. The van der Waals surface area contributed by atoms with Gasteiger partial charge >= 0.3 is 0 Å². The number of ether oxygens (including phenoxy) is 1. The number of rotatable bonds is 6. The smallest absolute Gasteiger partial charge is 0.138 e. The van der Waals surface area contributed by atoms with Crippen LogP contribution < -0.4 is 15.0 Å². The Balaban J connectivity index is 1.44. The SMILES string of the molecule is COc1cccc(N2CCC(NCCc3ncnn3C)CC2)c1. The molecule has 1 aromatic heterocycles. The lowest BCUT2D eigenvalue weighted by molar-refractivity contribution is 0.409. The van der Waals surface area contributed by atoms with Gasteiger partial charge in [0.05, 0.1) is 7.11 Å². The zero-order valence-electron chi connectivity index (χ0n) is 13.9. The molecule has 1 fully saturated rings. The quantitative estimate of drug-likeness (QED) is 0.878. The maximum absolute atomic E-state index is 5.31. The first-order valence-electron chi connectivity index (χ1n) is 8.21. The molecule has 124 valence electrons. The van der Waals surface area contributed by atoms with Crippen molar-refractivity contribution >= 4 is 5.69 Å². The molecule has 6 heteroatoms.